The Bertz CT molecular complexity index is 819. The van der Waals surface area contributed by atoms with E-state index < -0.39 is 4.92 Å². The zero-order valence-electron chi connectivity index (χ0n) is 10.7. The highest BCUT2D eigenvalue weighted by molar-refractivity contribution is 7.22. The molecule has 2 aromatic carbocycles. The zero-order valence-corrected chi connectivity index (χ0v) is 11.6. The van der Waals surface area contributed by atoms with Gasteiger partial charge < -0.3 is 5.32 Å². The Morgan fingerprint density at radius 1 is 1.29 bits per heavy atom. The summed E-state index contributed by atoms with van der Waals surface area (Å²) in [5.41, 5.74) is 1.26. The van der Waals surface area contributed by atoms with Crippen LogP contribution >= 0.6 is 11.3 Å². The molecule has 0 saturated carbocycles. The largest absolute Gasteiger partial charge is 0.357 e. The van der Waals surface area contributed by atoms with E-state index in [1.807, 2.05) is 0 Å². The Kier molecular flexibility index (Phi) is 3.49. The lowest BCUT2D eigenvalue weighted by atomic mass is 10.2. The van der Waals surface area contributed by atoms with Gasteiger partial charge in [-0.2, -0.15) is 0 Å². The number of hydrogen-bond acceptors (Lipinski definition) is 5. The van der Waals surface area contributed by atoms with E-state index in [1.54, 1.807) is 24.3 Å². The van der Waals surface area contributed by atoms with Gasteiger partial charge in [0, 0.05) is 24.2 Å². The van der Waals surface area contributed by atoms with Crippen molar-refractivity contribution >= 4 is 32.4 Å². The molecule has 3 aromatic rings. The van der Waals surface area contributed by atoms with Crippen molar-refractivity contribution in [1.29, 1.82) is 0 Å². The van der Waals surface area contributed by atoms with Gasteiger partial charge in [0.05, 0.1) is 15.1 Å². The second-order valence-electron chi connectivity index (χ2n) is 4.37. The van der Waals surface area contributed by atoms with Crippen molar-refractivity contribution in [3.05, 3.63) is 64.0 Å². The number of anilines is 1. The molecule has 0 fully saturated rings. The summed E-state index contributed by atoms with van der Waals surface area (Å²) < 4.78 is 14.2. The first-order chi connectivity index (χ1) is 10.1. The quantitative estimate of drug-likeness (QED) is 0.585. The molecule has 0 bridgehead atoms. The summed E-state index contributed by atoms with van der Waals surface area (Å²) in [6, 6.07) is 11.0. The van der Waals surface area contributed by atoms with Crippen molar-refractivity contribution in [3.63, 3.8) is 0 Å². The Labute approximate surface area is 123 Å². The fraction of sp³-hybridized carbons (Fsp3) is 0.0714. The third kappa shape index (κ3) is 2.82. The van der Waals surface area contributed by atoms with E-state index in [4.69, 9.17) is 0 Å². The highest BCUT2D eigenvalue weighted by atomic mass is 32.1. The van der Waals surface area contributed by atoms with Gasteiger partial charge in [-0.05, 0) is 12.1 Å². The topological polar surface area (TPSA) is 68.1 Å². The summed E-state index contributed by atoms with van der Waals surface area (Å²) in [6.07, 6.45) is 0. The number of nitrogens with one attached hydrogen (secondary N) is 1. The molecule has 7 heteroatoms. The molecule has 3 rings (SSSR count). The number of nitro benzene ring substituents is 1. The molecule has 1 N–H and O–H groups in total. The van der Waals surface area contributed by atoms with Crippen LogP contribution in [0.15, 0.2) is 42.5 Å². The van der Waals surface area contributed by atoms with E-state index in [9.17, 15) is 14.5 Å². The minimum absolute atomic E-state index is 0.0341. The summed E-state index contributed by atoms with van der Waals surface area (Å²) in [7, 11) is 0. The molecule has 0 saturated heterocycles. The number of nitro groups is 1. The monoisotopic (exact) mass is 303 g/mol. The summed E-state index contributed by atoms with van der Waals surface area (Å²) in [5, 5.41) is 14.4. The predicted molar refractivity (Wildman–Crippen MR) is 80.0 cm³/mol. The van der Waals surface area contributed by atoms with Gasteiger partial charge in [-0.1, -0.05) is 29.5 Å². The summed E-state index contributed by atoms with van der Waals surface area (Å²) >= 11 is 1.30. The molecule has 1 heterocycles. The Balaban J connectivity index is 1.82. The van der Waals surface area contributed by atoms with Crippen LogP contribution in [-0.4, -0.2) is 9.91 Å². The molecule has 1 aromatic heterocycles. The second kappa shape index (κ2) is 5.45. The van der Waals surface area contributed by atoms with Gasteiger partial charge in [-0.15, -0.1) is 0 Å². The molecule has 106 valence electrons. The molecule has 0 aliphatic heterocycles. The molecule has 0 amide bonds. The van der Waals surface area contributed by atoms with Crippen LogP contribution < -0.4 is 5.32 Å². The van der Waals surface area contributed by atoms with Crippen LogP contribution in [0.4, 0.5) is 15.2 Å². The first kappa shape index (κ1) is 13.4. The van der Waals surface area contributed by atoms with Crippen molar-refractivity contribution in [2.45, 2.75) is 6.54 Å². The highest BCUT2D eigenvalue weighted by Crippen LogP contribution is 2.29. The molecule has 0 aliphatic carbocycles. The maximum Gasteiger partial charge on any atom is 0.270 e. The second-order valence-corrected chi connectivity index (χ2v) is 5.40. The third-order valence-corrected chi connectivity index (χ3v) is 3.95. The molecule has 0 aliphatic rings. The van der Waals surface area contributed by atoms with E-state index in [0.29, 0.717) is 22.8 Å². The van der Waals surface area contributed by atoms with E-state index >= 15 is 0 Å². The molecule has 5 nitrogen and oxygen atoms in total. The molecule has 21 heavy (non-hydrogen) atoms. The van der Waals surface area contributed by atoms with Crippen LogP contribution in [0.5, 0.6) is 0 Å². The van der Waals surface area contributed by atoms with Gasteiger partial charge in [0.15, 0.2) is 5.13 Å². The van der Waals surface area contributed by atoms with E-state index in [2.05, 4.69) is 10.3 Å². The van der Waals surface area contributed by atoms with E-state index in [0.717, 1.165) is 4.70 Å². The van der Waals surface area contributed by atoms with Crippen molar-refractivity contribution in [2.24, 2.45) is 0 Å². The molecule has 0 spiro atoms. The first-order valence-electron chi connectivity index (χ1n) is 6.16. The fourth-order valence-electron chi connectivity index (χ4n) is 1.92. The first-order valence-corrected chi connectivity index (χ1v) is 6.97. The number of hydrogen-bond donors (Lipinski definition) is 1. The minimum Gasteiger partial charge on any atom is -0.357 e. The standard InChI is InChI=1S/C14H10FN3O2S/c15-11-4-2-1-3-9(11)8-16-14-17-12-6-5-10(18(19)20)7-13(12)21-14/h1-7H,8H2,(H,16,17). The maximum atomic E-state index is 13.5. The number of fused-ring (bicyclic) bond motifs is 1. The number of halogens is 1. The number of rotatable bonds is 4. The predicted octanol–water partition coefficient (Wildman–Crippen LogP) is 3.96. The zero-order chi connectivity index (χ0) is 14.8. The normalized spacial score (nSPS) is 10.7. The lowest BCUT2D eigenvalue weighted by Crippen LogP contribution is -2.00. The number of benzene rings is 2. The summed E-state index contributed by atoms with van der Waals surface area (Å²) in [6.45, 7) is 0.314. The molecule has 0 unspecified atom stereocenters. The number of thiazole rings is 1. The van der Waals surface area contributed by atoms with Crippen LogP contribution in [0.1, 0.15) is 5.56 Å². The van der Waals surface area contributed by atoms with Crippen molar-refractivity contribution in [1.82, 2.24) is 4.98 Å². The van der Waals surface area contributed by atoms with E-state index in [1.165, 1.54) is 29.5 Å². The molecular formula is C14H10FN3O2S. The van der Waals surface area contributed by atoms with E-state index in [-0.39, 0.29) is 11.5 Å². The van der Waals surface area contributed by atoms with Crippen LogP contribution in [-0.2, 0) is 6.54 Å². The van der Waals surface area contributed by atoms with Crippen LogP contribution in [0.2, 0.25) is 0 Å². The van der Waals surface area contributed by atoms with Crippen LogP contribution in [0, 0.1) is 15.9 Å². The van der Waals surface area contributed by atoms with Crippen LogP contribution in [0.3, 0.4) is 0 Å². The lowest BCUT2D eigenvalue weighted by Gasteiger charge is -2.03. The Hall–Kier alpha value is -2.54. The Morgan fingerprint density at radius 3 is 2.86 bits per heavy atom. The van der Waals surface area contributed by atoms with Gasteiger partial charge in [0.1, 0.15) is 5.82 Å². The average Bonchev–Trinajstić information content (AvgIpc) is 2.88. The average molecular weight is 303 g/mol. The number of aromatic nitrogens is 1. The summed E-state index contributed by atoms with van der Waals surface area (Å²) in [4.78, 5) is 14.6. The molecular weight excluding hydrogens is 293 g/mol. The van der Waals surface area contributed by atoms with Crippen molar-refractivity contribution < 1.29 is 9.31 Å². The smallest absolute Gasteiger partial charge is 0.270 e. The van der Waals surface area contributed by atoms with Gasteiger partial charge in [-0.25, -0.2) is 9.37 Å². The van der Waals surface area contributed by atoms with Crippen molar-refractivity contribution in [2.75, 3.05) is 5.32 Å². The number of nitrogens with zero attached hydrogens (tertiary/aromatic N) is 2. The Morgan fingerprint density at radius 2 is 2.10 bits per heavy atom. The minimum atomic E-state index is -0.439. The van der Waals surface area contributed by atoms with Gasteiger partial charge in [-0.3, -0.25) is 10.1 Å². The number of non-ortho nitro benzene ring substituents is 1. The van der Waals surface area contributed by atoms with Crippen molar-refractivity contribution in [3.8, 4) is 0 Å². The molecule has 0 radical (unpaired) electrons. The highest BCUT2D eigenvalue weighted by Gasteiger charge is 2.10. The lowest BCUT2D eigenvalue weighted by molar-refractivity contribution is -0.384. The molecule has 0 atom stereocenters. The maximum absolute atomic E-state index is 13.5. The van der Waals surface area contributed by atoms with Crippen LogP contribution in [0.25, 0.3) is 10.2 Å². The SMILES string of the molecule is O=[N+]([O-])c1ccc2nc(NCc3ccccc3F)sc2c1. The summed E-state index contributed by atoms with van der Waals surface area (Å²) in [5.74, 6) is -0.276. The third-order valence-electron chi connectivity index (χ3n) is 2.97. The van der Waals surface area contributed by atoms with Gasteiger partial charge in [0.2, 0.25) is 0 Å². The fourth-order valence-corrected chi connectivity index (χ4v) is 2.81. The van der Waals surface area contributed by atoms with Gasteiger partial charge in [0.25, 0.3) is 5.69 Å². The van der Waals surface area contributed by atoms with Gasteiger partial charge >= 0.3 is 0 Å².